The summed E-state index contributed by atoms with van der Waals surface area (Å²) in [5, 5.41) is 0. The summed E-state index contributed by atoms with van der Waals surface area (Å²) < 4.78 is 0. The summed E-state index contributed by atoms with van der Waals surface area (Å²) in [4.78, 5) is 0. The molecule has 0 nitrogen and oxygen atoms in total. The Labute approximate surface area is 74.9 Å². The van der Waals surface area contributed by atoms with E-state index in [1.54, 1.807) is 0 Å². The van der Waals surface area contributed by atoms with Crippen molar-refractivity contribution in [3.63, 3.8) is 0 Å². The molecule has 0 fully saturated rings. The van der Waals surface area contributed by atoms with E-state index in [1.807, 2.05) is 6.08 Å². The van der Waals surface area contributed by atoms with E-state index in [9.17, 15) is 0 Å². The summed E-state index contributed by atoms with van der Waals surface area (Å²) >= 11 is 0. The predicted octanol–water partition coefficient (Wildman–Crippen LogP) is 3.44. The molecule has 0 heteroatoms. The van der Waals surface area contributed by atoms with Crippen LogP contribution in [0.1, 0.15) is 18.9 Å². The van der Waals surface area contributed by atoms with Crippen molar-refractivity contribution in [3.8, 4) is 0 Å². The van der Waals surface area contributed by atoms with Gasteiger partial charge in [-0.25, -0.2) is 0 Å². The molecule has 0 aliphatic carbocycles. The topological polar surface area (TPSA) is 0 Å². The van der Waals surface area contributed by atoms with E-state index in [1.165, 1.54) is 5.56 Å². The first-order chi connectivity index (χ1) is 5.83. The summed E-state index contributed by atoms with van der Waals surface area (Å²) in [5.41, 5.74) is 1.42. The standard InChI is InChI=1S/C12H16/c1-3-7-11(2)10-12-8-5-4-6-9-12/h3-6,8-9,11H,1,7,10H2,2H3. The SMILES string of the molecule is C=CCC(C)Cc1ccccc1. The average molecular weight is 160 g/mol. The number of hydrogen-bond donors (Lipinski definition) is 0. The second-order valence-corrected chi connectivity index (χ2v) is 3.32. The van der Waals surface area contributed by atoms with Crippen molar-refractivity contribution in [2.24, 2.45) is 5.92 Å². The van der Waals surface area contributed by atoms with Gasteiger partial charge in [0, 0.05) is 0 Å². The fourth-order valence-corrected chi connectivity index (χ4v) is 1.38. The molecular formula is C12H16. The van der Waals surface area contributed by atoms with Crippen molar-refractivity contribution in [2.45, 2.75) is 19.8 Å². The zero-order chi connectivity index (χ0) is 8.81. The van der Waals surface area contributed by atoms with Gasteiger partial charge >= 0.3 is 0 Å². The Morgan fingerprint density at radius 1 is 1.33 bits per heavy atom. The second-order valence-electron chi connectivity index (χ2n) is 3.32. The van der Waals surface area contributed by atoms with Gasteiger partial charge in [0.2, 0.25) is 0 Å². The Kier molecular flexibility index (Phi) is 3.59. The molecule has 0 aromatic heterocycles. The molecule has 0 amide bonds. The molecule has 1 unspecified atom stereocenters. The van der Waals surface area contributed by atoms with Crippen molar-refractivity contribution in [3.05, 3.63) is 48.6 Å². The van der Waals surface area contributed by atoms with Crippen LogP contribution < -0.4 is 0 Å². The highest BCUT2D eigenvalue weighted by Gasteiger charge is 1.99. The molecule has 1 rings (SSSR count). The molecule has 0 N–H and O–H groups in total. The second kappa shape index (κ2) is 4.76. The van der Waals surface area contributed by atoms with E-state index in [4.69, 9.17) is 0 Å². The molecule has 0 radical (unpaired) electrons. The monoisotopic (exact) mass is 160 g/mol. The van der Waals surface area contributed by atoms with E-state index < -0.39 is 0 Å². The van der Waals surface area contributed by atoms with Gasteiger partial charge in [0.1, 0.15) is 0 Å². The first kappa shape index (κ1) is 9.05. The Morgan fingerprint density at radius 3 is 2.58 bits per heavy atom. The highest BCUT2D eigenvalue weighted by atomic mass is 14.0. The van der Waals surface area contributed by atoms with E-state index in [0.717, 1.165) is 12.8 Å². The highest BCUT2D eigenvalue weighted by molar-refractivity contribution is 5.15. The fraction of sp³-hybridized carbons (Fsp3) is 0.333. The minimum Gasteiger partial charge on any atom is -0.103 e. The molecule has 12 heavy (non-hydrogen) atoms. The summed E-state index contributed by atoms with van der Waals surface area (Å²) in [6.45, 7) is 6.00. The molecule has 0 saturated heterocycles. The lowest BCUT2D eigenvalue weighted by Gasteiger charge is -2.07. The lowest BCUT2D eigenvalue weighted by molar-refractivity contribution is 0.590. The number of hydrogen-bond acceptors (Lipinski definition) is 0. The summed E-state index contributed by atoms with van der Waals surface area (Å²) in [6.07, 6.45) is 4.26. The van der Waals surface area contributed by atoms with Crippen molar-refractivity contribution >= 4 is 0 Å². The largest absolute Gasteiger partial charge is 0.103 e. The van der Waals surface area contributed by atoms with Crippen LogP contribution in [0.5, 0.6) is 0 Å². The van der Waals surface area contributed by atoms with Crippen LogP contribution in [-0.2, 0) is 6.42 Å². The van der Waals surface area contributed by atoms with Gasteiger partial charge in [-0.05, 0) is 24.3 Å². The van der Waals surface area contributed by atoms with Gasteiger partial charge < -0.3 is 0 Å². The van der Waals surface area contributed by atoms with Crippen molar-refractivity contribution < 1.29 is 0 Å². The van der Waals surface area contributed by atoms with Crippen LogP contribution in [0, 0.1) is 5.92 Å². The summed E-state index contributed by atoms with van der Waals surface area (Å²) in [6, 6.07) is 10.6. The Hall–Kier alpha value is -1.04. The molecule has 1 aromatic rings. The summed E-state index contributed by atoms with van der Waals surface area (Å²) in [7, 11) is 0. The molecule has 0 heterocycles. The van der Waals surface area contributed by atoms with Gasteiger partial charge in [-0.3, -0.25) is 0 Å². The average Bonchev–Trinajstić information content (AvgIpc) is 2.06. The molecule has 1 atom stereocenters. The van der Waals surface area contributed by atoms with Crippen molar-refractivity contribution in [2.75, 3.05) is 0 Å². The molecule has 64 valence electrons. The maximum atomic E-state index is 3.74. The third-order valence-corrected chi connectivity index (χ3v) is 2.00. The van der Waals surface area contributed by atoms with Crippen LogP contribution in [0.25, 0.3) is 0 Å². The normalized spacial score (nSPS) is 12.4. The minimum atomic E-state index is 0.713. The molecule has 0 saturated carbocycles. The third kappa shape index (κ3) is 2.91. The maximum Gasteiger partial charge on any atom is -0.0250 e. The van der Waals surface area contributed by atoms with Crippen LogP contribution in [0.4, 0.5) is 0 Å². The van der Waals surface area contributed by atoms with Gasteiger partial charge in [0.05, 0.1) is 0 Å². The lowest BCUT2D eigenvalue weighted by atomic mass is 9.98. The minimum absolute atomic E-state index is 0.713. The fourth-order valence-electron chi connectivity index (χ4n) is 1.38. The predicted molar refractivity (Wildman–Crippen MR) is 54.1 cm³/mol. The quantitative estimate of drug-likeness (QED) is 0.592. The van der Waals surface area contributed by atoms with E-state index >= 15 is 0 Å². The van der Waals surface area contributed by atoms with Crippen LogP contribution >= 0.6 is 0 Å². The maximum absolute atomic E-state index is 3.74. The van der Waals surface area contributed by atoms with Gasteiger partial charge in [-0.2, -0.15) is 0 Å². The van der Waals surface area contributed by atoms with Gasteiger partial charge in [0.15, 0.2) is 0 Å². The molecular weight excluding hydrogens is 144 g/mol. The Balaban J connectivity index is 2.46. The first-order valence-electron chi connectivity index (χ1n) is 4.47. The van der Waals surface area contributed by atoms with E-state index in [-0.39, 0.29) is 0 Å². The molecule has 0 spiro atoms. The Bertz CT molecular complexity index is 223. The number of benzene rings is 1. The van der Waals surface area contributed by atoms with Crippen LogP contribution in [-0.4, -0.2) is 0 Å². The van der Waals surface area contributed by atoms with Gasteiger partial charge in [0.25, 0.3) is 0 Å². The Morgan fingerprint density at radius 2 is 2.00 bits per heavy atom. The smallest absolute Gasteiger partial charge is 0.0250 e. The first-order valence-corrected chi connectivity index (χ1v) is 4.47. The third-order valence-electron chi connectivity index (χ3n) is 2.00. The van der Waals surface area contributed by atoms with E-state index in [0.29, 0.717) is 5.92 Å². The lowest BCUT2D eigenvalue weighted by Crippen LogP contribution is -1.97. The molecule has 0 aliphatic rings. The van der Waals surface area contributed by atoms with Crippen LogP contribution in [0.15, 0.2) is 43.0 Å². The van der Waals surface area contributed by atoms with Gasteiger partial charge in [-0.1, -0.05) is 43.3 Å². The zero-order valence-electron chi connectivity index (χ0n) is 7.66. The molecule has 0 bridgehead atoms. The zero-order valence-corrected chi connectivity index (χ0v) is 7.66. The van der Waals surface area contributed by atoms with Gasteiger partial charge in [-0.15, -0.1) is 6.58 Å². The highest BCUT2D eigenvalue weighted by Crippen LogP contribution is 2.11. The number of allylic oxidation sites excluding steroid dienone is 1. The van der Waals surface area contributed by atoms with E-state index in [2.05, 4.69) is 43.8 Å². The number of rotatable bonds is 4. The summed E-state index contributed by atoms with van der Waals surface area (Å²) in [5.74, 6) is 0.713. The molecule has 1 aromatic carbocycles. The van der Waals surface area contributed by atoms with Crippen LogP contribution in [0.2, 0.25) is 0 Å². The van der Waals surface area contributed by atoms with Crippen molar-refractivity contribution in [1.82, 2.24) is 0 Å². The molecule has 0 aliphatic heterocycles. The van der Waals surface area contributed by atoms with Crippen LogP contribution in [0.3, 0.4) is 0 Å². The van der Waals surface area contributed by atoms with Crippen molar-refractivity contribution in [1.29, 1.82) is 0 Å².